The zero-order valence-corrected chi connectivity index (χ0v) is 18.1. The highest BCUT2D eigenvalue weighted by atomic mass is 35.5. The first-order valence-corrected chi connectivity index (χ1v) is 11.0. The maximum absolute atomic E-state index is 13.0. The molecule has 0 heterocycles. The second-order valence-corrected chi connectivity index (χ2v) is 8.70. The summed E-state index contributed by atoms with van der Waals surface area (Å²) in [4.78, 5) is 29.2. The molecule has 5 nitrogen and oxygen atoms in total. The van der Waals surface area contributed by atoms with Gasteiger partial charge in [-0.25, -0.2) is 0 Å². The molecule has 2 aliphatic carbocycles. The van der Waals surface area contributed by atoms with Crippen LogP contribution in [-0.4, -0.2) is 47.8 Å². The van der Waals surface area contributed by atoms with Crippen LogP contribution in [0.4, 0.5) is 5.69 Å². The topological polar surface area (TPSA) is 52.7 Å². The molecule has 1 atom stereocenters. The summed E-state index contributed by atoms with van der Waals surface area (Å²) in [5.74, 6) is -0.279. The molecule has 0 radical (unpaired) electrons. The molecule has 0 saturated heterocycles. The Labute approximate surface area is 183 Å². The maximum Gasteiger partial charge on any atom is 0.244 e. The summed E-state index contributed by atoms with van der Waals surface area (Å²) in [6.07, 6.45) is 5.62. The summed E-state index contributed by atoms with van der Waals surface area (Å²) in [5, 5.41) is 3.26. The number of likely N-dealkylation sites (N-methyl/N-ethyl adjacent to an activating group) is 1. The number of hydrogen-bond donors (Lipinski definition) is 1. The predicted molar refractivity (Wildman–Crippen MR) is 120 cm³/mol. The van der Waals surface area contributed by atoms with E-state index in [2.05, 4.69) is 34.5 Å². The Morgan fingerprint density at radius 3 is 2.53 bits per heavy atom. The van der Waals surface area contributed by atoms with Crippen molar-refractivity contribution in [2.45, 2.75) is 44.2 Å². The van der Waals surface area contributed by atoms with Crippen molar-refractivity contribution < 1.29 is 9.59 Å². The normalized spacial score (nSPS) is 18.0. The van der Waals surface area contributed by atoms with Gasteiger partial charge in [-0.3, -0.25) is 14.5 Å². The number of rotatable bonds is 7. The first-order valence-electron chi connectivity index (χ1n) is 10.6. The number of nitrogens with zero attached hydrogens (tertiary/aromatic N) is 2. The highest BCUT2D eigenvalue weighted by Gasteiger charge is 2.37. The minimum atomic E-state index is -0.250. The average Bonchev–Trinajstić information content (AvgIpc) is 3.58. The smallest absolute Gasteiger partial charge is 0.244 e. The van der Waals surface area contributed by atoms with Crippen molar-refractivity contribution in [2.24, 2.45) is 0 Å². The lowest BCUT2D eigenvalue weighted by Crippen LogP contribution is -2.44. The molecule has 1 saturated carbocycles. The Morgan fingerprint density at radius 1 is 1.03 bits per heavy atom. The molecular weight excluding hydrogens is 398 g/mol. The van der Waals surface area contributed by atoms with Gasteiger partial charge in [0.05, 0.1) is 23.8 Å². The standard InChI is InChI=1S/C24H28ClN3O2/c1-27(15-23(29)26-21-11-5-4-10-20(21)25)24(30)16-28(18-13-14-18)22-12-6-8-17-7-2-3-9-19(17)22/h2-5,7,9-11,18,22H,6,8,12-16H2,1H3,(H,26,29). The molecule has 4 rings (SSSR count). The van der Waals surface area contributed by atoms with Crippen LogP contribution in [0.25, 0.3) is 0 Å². The highest BCUT2D eigenvalue weighted by molar-refractivity contribution is 6.33. The van der Waals surface area contributed by atoms with E-state index in [-0.39, 0.29) is 24.4 Å². The number of fused-ring (bicyclic) bond motifs is 1. The number of anilines is 1. The summed E-state index contributed by atoms with van der Waals surface area (Å²) >= 11 is 6.10. The molecule has 158 valence electrons. The van der Waals surface area contributed by atoms with E-state index in [0.29, 0.717) is 23.3 Å². The number of carbonyl (C=O) groups excluding carboxylic acids is 2. The van der Waals surface area contributed by atoms with E-state index in [4.69, 9.17) is 11.6 Å². The molecule has 0 aromatic heterocycles. The third-order valence-corrected chi connectivity index (χ3v) is 6.36. The third-order valence-electron chi connectivity index (χ3n) is 6.03. The molecule has 1 N–H and O–H groups in total. The van der Waals surface area contributed by atoms with Gasteiger partial charge in [-0.1, -0.05) is 48.0 Å². The van der Waals surface area contributed by atoms with Crippen LogP contribution < -0.4 is 5.32 Å². The van der Waals surface area contributed by atoms with Gasteiger partial charge in [-0.2, -0.15) is 0 Å². The van der Waals surface area contributed by atoms with Crippen molar-refractivity contribution in [1.82, 2.24) is 9.80 Å². The van der Waals surface area contributed by atoms with Crippen LogP contribution in [0.3, 0.4) is 0 Å². The van der Waals surface area contributed by atoms with E-state index in [1.54, 1.807) is 19.2 Å². The number of amides is 2. The molecule has 0 spiro atoms. The fourth-order valence-corrected chi connectivity index (χ4v) is 4.49. The van der Waals surface area contributed by atoms with Crippen molar-refractivity contribution in [3.8, 4) is 0 Å². The van der Waals surface area contributed by atoms with Crippen molar-refractivity contribution in [3.63, 3.8) is 0 Å². The van der Waals surface area contributed by atoms with E-state index in [1.165, 1.54) is 16.0 Å². The molecule has 2 amide bonds. The molecule has 6 heteroatoms. The van der Waals surface area contributed by atoms with E-state index in [9.17, 15) is 9.59 Å². The van der Waals surface area contributed by atoms with Gasteiger partial charge in [0, 0.05) is 19.1 Å². The van der Waals surface area contributed by atoms with Crippen molar-refractivity contribution in [1.29, 1.82) is 0 Å². The number of benzene rings is 2. The van der Waals surface area contributed by atoms with Crippen molar-refractivity contribution in [3.05, 3.63) is 64.7 Å². The summed E-state index contributed by atoms with van der Waals surface area (Å²) in [6, 6.07) is 16.5. The Kier molecular flexibility index (Phi) is 6.40. The summed E-state index contributed by atoms with van der Waals surface area (Å²) in [7, 11) is 1.69. The third kappa shape index (κ3) is 4.85. The SMILES string of the molecule is CN(CC(=O)Nc1ccccc1Cl)C(=O)CN(C1CC1)C1CCCc2ccccc21. The Bertz CT molecular complexity index is 928. The monoisotopic (exact) mass is 425 g/mol. The van der Waals surface area contributed by atoms with Crippen LogP contribution in [0, 0.1) is 0 Å². The fraction of sp³-hybridized carbons (Fsp3) is 0.417. The van der Waals surface area contributed by atoms with Gasteiger partial charge in [-0.15, -0.1) is 0 Å². The van der Waals surface area contributed by atoms with Crippen LogP contribution in [-0.2, 0) is 16.0 Å². The second kappa shape index (κ2) is 9.19. The van der Waals surface area contributed by atoms with E-state index in [1.807, 2.05) is 12.1 Å². The minimum Gasteiger partial charge on any atom is -0.335 e. The van der Waals surface area contributed by atoms with Crippen molar-refractivity contribution in [2.75, 3.05) is 25.5 Å². The zero-order valence-electron chi connectivity index (χ0n) is 17.3. The lowest BCUT2D eigenvalue weighted by atomic mass is 9.86. The highest BCUT2D eigenvalue weighted by Crippen LogP contribution is 2.40. The molecule has 2 aromatic rings. The number of halogens is 1. The van der Waals surface area contributed by atoms with Crippen LogP contribution in [0.1, 0.15) is 42.9 Å². The molecule has 0 bridgehead atoms. The number of hydrogen-bond acceptors (Lipinski definition) is 3. The molecule has 2 aliphatic rings. The minimum absolute atomic E-state index is 0.00379. The second-order valence-electron chi connectivity index (χ2n) is 8.29. The van der Waals surface area contributed by atoms with Crippen LogP contribution in [0.15, 0.2) is 48.5 Å². The maximum atomic E-state index is 13.0. The zero-order chi connectivity index (χ0) is 21.1. The largest absolute Gasteiger partial charge is 0.335 e. The van der Waals surface area contributed by atoms with Crippen LogP contribution >= 0.6 is 11.6 Å². The van der Waals surface area contributed by atoms with Gasteiger partial charge < -0.3 is 10.2 Å². The number of nitrogens with one attached hydrogen (secondary N) is 1. The summed E-state index contributed by atoms with van der Waals surface area (Å²) < 4.78 is 0. The first-order chi connectivity index (χ1) is 14.5. The average molecular weight is 426 g/mol. The van der Waals surface area contributed by atoms with E-state index < -0.39 is 0 Å². The van der Waals surface area contributed by atoms with Gasteiger partial charge in [-0.05, 0) is 55.4 Å². The van der Waals surface area contributed by atoms with Gasteiger partial charge in [0.2, 0.25) is 11.8 Å². The Balaban J connectivity index is 1.39. The Hall–Kier alpha value is -2.37. The molecule has 1 unspecified atom stereocenters. The van der Waals surface area contributed by atoms with Crippen LogP contribution in [0.2, 0.25) is 5.02 Å². The molecule has 1 fully saturated rings. The summed E-state index contributed by atoms with van der Waals surface area (Å²) in [5.41, 5.74) is 3.32. The lowest BCUT2D eigenvalue weighted by molar-refractivity contribution is -0.135. The first kappa shape index (κ1) is 20.9. The predicted octanol–water partition coefficient (Wildman–Crippen LogP) is 4.28. The van der Waals surface area contributed by atoms with E-state index in [0.717, 1.165) is 32.1 Å². The molecule has 2 aromatic carbocycles. The fourth-order valence-electron chi connectivity index (χ4n) is 4.31. The molecule has 0 aliphatic heterocycles. The van der Waals surface area contributed by atoms with E-state index >= 15 is 0 Å². The summed E-state index contributed by atoms with van der Waals surface area (Å²) in [6.45, 7) is 0.351. The Morgan fingerprint density at radius 2 is 1.77 bits per heavy atom. The van der Waals surface area contributed by atoms with Crippen molar-refractivity contribution >= 4 is 29.1 Å². The lowest BCUT2D eigenvalue weighted by Gasteiger charge is -2.36. The number of carbonyl (C=O) groups is 2. The van der Waals surface area contributed by atoms with Gasteiger partial charge in [0.25, 0.3) is 0 Å². The van der Waals surface area contributed by atoms with Gasteiger partial charge in [0.1, 0.15) is 0 Å². The van der Waals surface area contributed by atoms with Gasteiger partial charge in [0.15, 0.2) is 0 Å². The molecular formula is C24H28ClN3O2. The number of para-hydroxylation sites is 1. The van der Waals surface area contributed by atoms with Crippen LogP contribution in [0.5, 0.6) is 0 Å². The van der Waals surface area contributed by atoms with Gasteiger partial charge >= 0.3 is 0 Å². The number of aryl methyl sites for hydroxylation is 1. The quantitative estimate of drug-likeness (QED) is 0.720. The molecule has 30 heavy (non-hydrogen) atoms.